The summed E-state index contributed by atoms with van der Waals surface area (Å²) in [4.78, 5) is 71.6. The quantitative estimate of drug-likeness (QED) is 0.0993. The van der Waals surface area contributed by atoms with Crippen molar-refractivity contribution in [2.45, 2.75) is 49.9 Å². The first-order valence-corrected chi connectivity index (χ1v) is 13.0. The number of amides is 4. The fraction of sp³-hybridized carbons (Fsp3) is 0.360. The molecule has 214 valence electrons. The van der Waals surface area contributed by atoms with E-state index in [0.717, 1.165) is 10.9 Å². The van der Waals surface area contributed by atoms with Crippen molar-refractivity contribution in [2.24, 2.45) is 11.5 Å². The Hall–Kier alpha value is -4.37. The summed E-state index contributed by atoms with van der Waals surface area (Å²) in [5.41, 5.74) is 13.0. The number of para-hydroxylation sites is 1. The van der Waals surface area contributed by atoms with E-state index in [-0.39, 0.29) is 31.4 Å². The maximum Gasteiger partial charge on any atom is 0.326 e. The summed E-state index contributed by atoms with van der Waals surface area (Å²) in [6.07, 6.45) is 4.39. The lowest BCUT2D eigenvalue weighted by Crippen LogP contribution is -2.58. The van der Waals surface area contributed by atoms with E-state index in [9.17, 15) is 29.1 Å². The van der Waals surface area contributed by atoms with Crippen LogP contribution in [-0.4, -0.2) is 79.6 Å². The number of rotatable bonds is 15. The van der Waals surface area contributed by atoms with E-state index in [1.54, 1.807) is 6.20 Å². The molecule has 4 unspecified atom stereocenters. The summed E-state index contributed by atoms with van der Waals surface area (Å²) >= 11 is 4.15. The van der Waals surface area contributed by atoms with Crippen molar-refractivity contribution in [3.8, 4) is 0 Å². The molecule has 1 aromatic carbocycles. The van der Waals surface area contributed by atoms with Gasteiger partial charge in [0.2, 0.25) is 23.6 Å². The monoisotopic (exact) mass is 572 g/mol. The van der Waals surface area contributed by atoms with Crippen LogP contribution in [0.25, 0.3) is 10.9 Å². The van der Waals surface area contributed by atoms with Gasteiger partial charge in [-0.25, -0.2) is 9.78 Å². The Morgan fingerprint density at radius 1 is 0.950 bits per heavy atom. The first kappa shape index (κ1) is 30.2. The highest BCUT2D eigenvalue weighted by Crippen LogP contribution is 2.19. The number of aliphatic carboxylic acids is 1. The van der Waals surface area contributed by atoms with Gasteiger partial charge >= 0.3 is 5.97 Å². The van der Waals surface area contributed by atoms with Crippen LogP contribution < -0.4 is 27.4 Å². The minimum absolute atomic E-state index is 0.0000221. The number of aromatic nitrogens is 3. The molecule has 14 nitrogen and oxygen atoms in total. The molecule has 0 spiro atoms. The van der Waals surface area contributed by atoms with E-state index in [1.807, 2.05) is 24.3 Å². The molecule has 0 bridgehead atoms. The van der Waals surface area contributed by atoms with Crippen molar-refractivity contribution in [1.29, 1.82) is 0 Å². The largest absolute Gasteiger partial charge is 0.480 e. The summed E-state index contributed by atoms with van der Waals surface area (Å²) in [6.45, 7) is 0. The lowest BCUT2D eigenvalue weighted by atomic mass is 10.0. The number of H-pyrrole nitrogens is 2. The topological polar surface area (TPSA) is 238 Å². The molecular weight excluding hydrogens is 540 g/mol. The van der Waals surface area contributed by atoms with Crippen LogP contribution in [0.5, 0.6) is 0 Å². The van der Waals surface area contributed by atoms with Gasteiger partial charge in [0.1, 0.15) is 18.1 Å². The van der Waals surface area contributed by atoms with Gasteiger partial charge in [-0.3, -0.25) is 19.2 Å². The molecule has 0 saturated heterocycles. The first-order chi connectivity index (χ1) is 19.1. The number of carboxylic acids is 1. The Labute approximate surface area is 234 Å². The van der Waals surface area contributed by atoms with Gasteiger partial charge in [0.25, 0.3) is 0 Å². The lowest BCUT2D eigenvalue weighted by molar-refractivity contribution is -0.142. The van der Waals surface area contributed by atoms with Crippen LogP contribution in [0, 0.1) is 0 Å². The van der Waals surface area contributed by atoms with E-state index in [4.69, 9.17) is 11.5 Å². The summed E-state index contributed by atoms with van der Waals surface area (Å²) < 4.78 is 0. The van der Waals surface area contributed by atoms with Crippen molar-refractivity contribution in [3.05, 3.63) is 54.2 Å². The number of hydrogen-bond acceptors (Lipinski definition) is 8. The Kier molecular flexibility index (Phi) is 10.7. The minimum Gasteiger partial charge on any atom is -0.480 e. The highest BCUT2D eigenvalue weighted by Gasteiger charge is 2.30. The molecule has 40 heavy (non-hydrogen) atoms. The zero-order valence-corrected chi connectivity index (χ0v) is 22.3. The van der Waals surface area contributed by atoms with Gasteiger partial charge in [0, 0.05) is 54.0 Å². The zero-order valence-electron chi connectivity index (χ0n) is 21.4. The average molecular weight is 573 g/mol. The van der Waals surface area contributed by atoms with Crippen molar-refractivity contribution in [1.82, 2.24) is 30.9 Å². The van der Waals surface area contributed by atoms with Gasteiger partial charge in [-0.2, -0.15) is 12.6 Å². The predicted molar refractivity (Wildman–Crippen MR) is 148 cm³/mol. The van der Waals surface area contributed by atoms with Crippen LogP contribution in [0.1, 0.15) is 24.1 Å². The molecule has 0 aliphatic rings. The smallest absolute Gasteiger partial charge is 0.326 e. The van der Waals surface area contributed by atoms with Crippen molar-refractivity contribution in [2.75, 3.05) is 5.75 Å². The highest BCUT2D eigenvalue weighted by molar-refractivity contribution is 7.80. The van der Waals surface area contributed by atoms with Gasteiger partial charge in [0.15, 0.2) is 0 Å². The number of hydrogen-bond donors (Lipinski definition) is 9. The number of fused-ring (bicyclic) bond motifs is 1. The third kappa shape index (κ3) is 8.31. The van der Waals surface area contributed by atoms with Crippen LogP contribution in [0.4, 0.5) is 0 Å². The number of primary amides is 1. The number of nitrogens with one attached hydrogen (secondary N) is 5. The minimum atomic E-state index is -1.28. The molecule has 10 N–H and O–H groups in total. The molecule has 0 aliphatic heterocycles. The Morgan fingerprint density at radius 3 is 2.27 bits per heavy atom. The molecule has 2 heterocycles. The molecule has 3 rings (SSSR count). The number of imidazole rings is 1. The van der Waals surface area contributed by atoms with Crippen molar-refractivity contribution in [3.63, 3.8) is 0 Å². The van der Waals surface area contributed by atoms with Crippen LogP contribution in [0.15, 0.2) is 43.0 Å². The number of carbonyl (C=O) groups excluding carboxylic acids is 4. The van der Waals surface area contributed by atoms with Gasteiger partial charge in [-0.05, 0) is 18.1 Å². The second-order valence-electron chi connectivity index (χ2n) is 9.16. The highest BCUT2D eigenvalue weighted by atomic mass is 32.1. The summed E-state index contributed by atoms with van der Waals surface area (Å²) in [7, 11) is 0. The SMILES string of the molecule is NC(=O)CCC(N)C(=O)NC(Cc1cnc[nH]1)C(=O)NC(CS)C(=O)NC(Cc1c[nH]c2ccccc12)C(=O)O. The van der Waals surface area contributed by atoms with Gasteiger partial charge in [-0.1, -0.05) is 18.2 Å². The third-order valence-electron chi connectivity index (χ3n) is 6.18. The molecule has 0 saturated carbocycles. The second kappa shape index (κ2) is 14.1. The number of benzene rings is 1. The molecule has 0 fully saturated rings. The zero-order chi connectivity index (χ0) is 29.2. The second-order valence-corrected chi connectivity index (χ2v) is 9.53. The van der Waals surface area contributed by atoms with Crippen LogP contribution >= 0.6 is 12.6 Å². The maximum atomic E-state index is 13.2. The lowest BCUT2D eigenvalue weighted by Gasteiger charge is -2.24. The number of nitrogens with zero attached hydrogens (tertiary/aromatic N) is 1. The number of aromatic amines is 2. The van der Waals surface area contributed by atoms with E-state index in [1.165, 1.54) is 12.5 Å². The van der Waals surface area contributed by atoms with E-state index in [2.05, 4.69) is 43.5 Å². The van der Waals surface area contributed by atoms with Gasteiger partial charge in [-0.15, -0.1) is 0 Å². The maximum absolute atomic E-state index is 13.2. The summed E-state index contributed by atoms with van der Waals surface area (Å²) in [5.74, 6) is -4.22. The molecule has 4 amide bonds. The average Bonchev–Trinajstić information content (AvgIpc) is 3.59. The van der Waals surface area contributed by atoms with Gasteiger partial charge in [0.05, 0.1) is 12.4 Å². The van der Waals surface area contributed by atoms with E-state index >= 15 is 0 Å². The summed E-state index contributed by atoms with van der Waals surface area (Å²) in [5, 5.41) is 18.1. The Balaban J connectivity index is 1.68. The number of carboxylic acid groups (broad SMARTS) is 1. The summed E-state index contributed by atoms with van der Waals surface area (Å²) in [6, 6.07) is 2.58. The van der Waals surface area contributed by atoms with Crippen LogP contribution in [0.2, 0.25) is 0 Å². The molecule has 4 atom stereocenters. The fourth-order valence-corrected chi connectivity index (χ4v) is 4.25. The van der Waals surface area contributed by atoms with Crippen molar-refractivity contribution < 1.29 is 29.1 Å². The Morgan fingerprint density at radius 2 is 1.62 bits per heavy atom. The third-order valence-corrected chi connectivity index (χ3v) is 6.54. The predicted octanol–water partition coefficient (Wildman–Crippen LogP) is -1.26. The van der Waals surface area contributed by atoms with Gasteiger partial charge < -0.3 is 42.5 Å². The van der Waals surface area contributed by atoms with E-state index in [0.29, 0.717) is 11.3 Å². The van der Waals surface area contributed by atoms with Crippen LogP contribution in [-0.2, 0) is 36.8 Å². The number of thiol groups is 1. The van der Waals surface area contributed by atoms with Crippen molar-refractivity contribution >= 4 is 53.1 Å². The molecule has 3 aromatic rings. The van der Waals surface area contributed by atoms with Crippen LogP contribution in [0.3, 0.4) is 0 Å². The normalized spacial score (nSPS) is 14.1. The molecule has 0 radical (unpaired) electrons. The molecule has 2 aromatic heterocycles. The Bertz CT molecular complexity index is 1340. The fourth-order valence-electron chi connectivity index (χ4n) is 3.99. The standard InChI is InChI=1S/C25H32N8O6S/c26-16(5-6-21(27)34)22(35)31-18(8-14-10-28-12-30-14)23(36)33-20(11-40)24(37)32-19(25(38)39)7-13-9-29-17-4-2-1-3-15(13)17/h1-4,9-10,12,16,18-20,29,40H,5-8,11,26H2,(H2,27,34)(H,28,30)(H,31,35)(H,32,37)(H,33,36)(H,38,39). The first-order valence-electron chi connectivity index (χ1n) is 12.4. The molecular formula is C25H32N8O6S. The number of carbonyl (C=O) groups is 5. The van der Waals surface area contributed by atoms with E-state index < -0.39 is 53.8 Å². The molecule has 0 aliphatic carbocycles. The number of nitrogens with two attached hydrogens (primary N) is 2. The molecule has 15 heteroatoms.